The summed E-state index contributed by atoms with van der Waals surface area (Å²) in [6.07, 6.45) is 8.79. The van der Waals surface area contributed by atoms with Crippen LogP contribution in [0.2, 0.25) is 10.0 Å². The van der Waals surface area contributed by atoms with Crippen LogP contribution in [0.25, 0.3) is 16.2 Å². The largest absolute Gasteiger partial charge is 1.00 e. The van der Waals surface area contributed by atoms with Crippen LogP contribution in [0.3, 0.4) is 0 Å². The molecule has 0 spiro atoms. The minimum Gasteiger partial charge on any atom is -0.748 e. The van der Waals surface area contributed by atoms with Gasteiger partial charge in [0.05, 0.1) is 26.6 Å². The first kappa shape index (κ1) is 35.3. The van der Waals surface area contributed by atoms with Gasteiger partial charge in [-0.2, -0.15) is 8.42 Å². The minimum absolute atomic E-state index is 0. The van der Waals surface area contributed by atoms with Crippen molar-refractivity contribution in [3.05, 3.63) is 85.7 Å². The van der Waals surface area contributed by atoms with Crippen molar-refractivity contribution in [2.24, 2.45) is 0 Å². The van der Waals surface area contributed by atoms with Gasteiger partial charge in [-0.15, -0.1) is 11.3 Å². The number of rotatable bonds is 11. The molecule has 0 bridgehead atoms. The smallest absolute Gasteiger partial charge is 0.748 e. The number of halogens is 2. The number of fused-ring (bicyclic) bond motifs is 2. The number of thiophene rings is 1. The van der Waals surface area contributed by atoms with Crippen LogP contribution in [0.1, 0.15) is 30.2 Å². The van der Waals surface area contributed by atoms with E-state index in [0.29, 0.717) is 23.0 Å². The average molecular weight is 699 g/mol. The van der Waals surface area contributed by atoms with Crippen LogP contribution in [0.5, 0.6) is 0 Å². The number of aryl methyl sites for hydroxylation is 1. The quantitative estimate of drug-likeness (QED) is 0.178. The molecule has 0 fully saturated rings. The van der Waals surface area contributed by atoms with Gasteiger partial charge in [0.2, 0.25) is 0 Å². The summed E-state index contributed by atoms with van der Waals surface area (Å²) in [6.45, 7) is 2.31. The molecular formula is C27H26Cl2KNO6S4. The van der Waals surface area contributed by atoms with Crippen molar-refractivity contribution < 1.29 is 77.3 Å². The van der Waals surface area contributed by atoms with E-state index in [1.807, 2.05) is 66.5 Å². The van der Waals surface area contributed by atoms with Gasteiger partial charge in [-0.3, -0.25) is 4.55 Å². The van der Waals surface area contributed by atoms with Gasteiger partial charge in [0.25, 0.3) is 10.1 Å². The summed E-state index contributed by atoms with van der Waals surface area (Å²) in [5, 5.41) is 3.00. The number of hydrogen-bond donors (Lipinski definition) is 1. The van der Waals surface area contributed by atoms with Crippen LogP contribution in [0.4, 0.5) is 5.69 Å². The summed E-state index contributed by atoms with van der Waals surface area (Å²) in [5.74, 6) is -0.759. The Morgan fingerprint density at radius 3 is 2.46 bits per heavy atom. The van der Waals surface area contributed by atoms with Gasteiger partial charge in [-0.1, -0.05) is 52.7 Å². The molecule has 214 valence electrons. The van der Waals surface area contributed by atoms with Crippen molar-refractivity contribution in [3.8, 4) is 0 Å². The number of allylic oxidation sites excluding steroid dienone is 4. The zero-order valence-electron chi connectivity index (χ0n) is 22.3. The summed E-state index contributed by atoms with van der Waals surface area (Å²) in [5.41, 5.74) is 2.79. The molecule has 41 heavy (non-hydrogen) atoms. The first-order valence-electron chi connectivity index (χ1n) is 12.2. The molecule has 0 radical (unpaired) electrons. The van der Waals surface area contributed by atoms with E-state index in [4.69, 9.17) is 27.8 Å². The van der Waals surface area contributed by atoms with E-state index in [2.05, 4.69) is 0 Å². The van der Waals surface area contributed by atoms with E-state index in [1.165, 1.54) is 11.8 Å². The molecule has 0 atom stereocenters. The van der Waals surface area contributed by atoms with Crippen LogP contribution >= 0.6 is 46.3 Å². The third-order valence-corrected chi connectivity index (χ3v) is 10.4. The van der Waals surface area contributed by atoms with Gasteiger partial charge in [-0.25, -0.2) is 8.42 Å². The Kier molecular flexibility index (Phi) is 13.1. The van der Waals surface area contributed by atoms with Crippen molar-refractivity contribution in [3.63, 3.8) is 0 Å². The maximum Gasteiger partial charge on any atom is 1.00 e. The Morgan fingerprint density at radius 1 is 1.05 bits per heavy atom. The molecule has 1 aliphatic rings. The van der Waals surface area contributed by atoms with E-state index >= 15 is 0 Å². The van der Waals surface area contributed by atoms with Crippen LogP contribution in [0.15, 0.2) is 70.1 Å². The third kappa shape index (κ3) is 10.4. The Labute approximate surface area is 301 Å². The summed E-state index contributed by atoms with van der Waals surface area (Å²) < 4.78 is 66.0. The molecule has 4 rings (SSSR count). The monoisotopic (exact) mass is 697 g/mol. The second-order valence-electron chi connectivity index (χ2n) is 9.20. The standard InChI is InChI=1S/C27H27Cl2NO6S4.K/c1-18(5-9-24-21(4-2-14-39(31,32)33)22-16-19(28)7-10-25(22)37-24)6-12-27-30(13-3-15-40(34,35)36)23-17-20(29)8-11-26(23)38-27;/h5-12,16-17H,2-4,13-15H2,1H3,(H,31,32,33)(H,34,35,36);/q;+1/p-1/b9-5+,18-6+,27-12-;. The molecule has 2 heterocycles. The van der Waals surface area contributed by atoms with Crippen molar-refractivity contribution in [1.29, 1.82) is 0 Å². The number of benzene rings is 2. The second kappa shape index (κ2) is 15.2. The molecule has 1 aliphatic heterocycles. The van der Waals surface area contributed by atoms with Gasteiger partial charge < -0.3 is 9.45 Å². The fourth-order valence-electron chi connectivity index (χ4n) is 4.26. The topological polar surface area (TPSA) is 115 Å². The summed E-state index contributed by atoms with van der Waals surface area (Å²) in [4.78, 5) is 3.93. The van der Waals surface area contributed by atoms with Gasteiger partial charge in [0, 0.05) is 36.8 Å². The van der Waals surface area contributed by atoms with Crippen molar-refractivity contribution in [2.45, 2.75) is 31.1 Å². The average Bonchev–Trinajstić information content (AvgIpc) is 3.37. The van der Waals surface area contributed by atoms with Gasteiger partial charge >= 0.3 is 51.4 Å². The SMILES string of the molecule is CC(/C=C/c1sc2ccc(Cl)cc2c1CCCS(=O)(=O)O)=C\C=C1/Sc2ccc(Cl)cc2N1CCCS(=O)(=O)[O-].[K+]. The Balaban J connectivity index is 0.00000462. The first-order valence-corrected chi connectivity index (χ1v) is 17.8. The molecule has 7 nitrogen and oxygen atoms in total. The van der Waals surface area contributed by atoms with E-state index in [0.717, 1.165) is 41.7 Å². The van der Waals surface area contributed by atoms with Crippen LogP contribution in [0, 0.1) is 0 Å². The zero-order valence-corrected chi connectivity index (χ0v) is 30.2. The molecule has 3 aromatic rings. The van der Waals surface area contributed by atoms with Crippen molar-refractivity contribution in [2.75, 3.05) is 23.0 Å². The summed E-state index contributed by atoms with van der Waals surface area (Å²) in [6, 6.07) is 11.2. The Bertz CT molecular complexity index is 1730. The fraction of sp³-hybridized carbons (Fsp3) is 0.259. The Morgan fingerprint density at radius 2 is 1.76 bits per heavy atom. The maximum absolute atomic E-state index is 11.2. The van der Waals surface area contributed by atoms with Crippen molar-refractivity contribution >= 4 is 88.4 Å². The van der Waals surface area contributed by atoms with Crippen molar-refractivity contribution in [1.82, 2.24) is 0 Å². The number of anilines is 1. The van der Waals surface area contributed by atoms with Gasteiger partial charge in [0.1, 0.15) is 0 Å². The van der Waals surface area contributed by atoms with Gasteiger partial charge in [0.15, 0.2) is 0 Å². The predicted octanol–water partition coefficient (Wildman–Crippen LogP) is 4.38. The molecule has 2 aromatic carbocycles. The number of nitrogens with zero attached hydrogens (tertiary/aromatic N) is 1. The molecular weight excluding hydrogens is 673 g/mol. The van der Waals surface area contributed by atoms with E-state index < -0.39 is 26.0 Å². The predicted molar refractivity (Wildman–Crippen MR) is 166 cm³/mol. The van der Waals surface area contributed by atoms with Crippen LogP contribution < -0.4 is 56.3 Å². The zero-order chi connectivity index (χ0) is 29.1. The summed E-state index contributed by atoms with van der Waals surface area (Å²) >= 11 is 15.5. The Hall–Kier alpha value is -0.194. The number of hydrogen-bond acceptors (Lipinski definition) is 8. The first-order chi connectivity index (χ1) is 18.8. The normalized spacial score (nSPS) is 15.2. The summed E-state index contributed by atoms with van der Waals surface area (Å²) in [7, 11) is -8.35. The molecule has 1 aromatic heterocycles. The van der Waals surface area contributed by atoms with Gasteiger partial charge in [-0.05, 0) is 85.7 Å². The van der Waals surface area contributed by atoms with E-state index in [1.54, 1.807) is 17.4 Å². The van der Waals surface area contributed by atoms with Crippen LogP contribution in [-0.4, -0.2) is 44.0 Å². The van der Waals surface area contributed by atoms with E-state index in [-0.39, 0.29) is 70.0 Å². The number of thioether (sulfide) groups is 1. The fourth-order valence-corrected chi connectivity index (χ4v) is 7.80. The molecule has 0 unspecified atom stereocenters. The molecule has 0 saturated heterocycles. The molecule has 0 aliphatic carbocycles. The maximum atomic E-state index is 11.2. The second-order valence-corrected chi connectivity index (χ2v) is 15.3. The molecule has 0 saturated carbocycles. The van der Waals surface area contributed by atoms with Crippen LogP contribution in [-0.2, 0) is 26.7 Å². The minimum atomic E-state index is -4.31. The molecule has 1 N–H and O–H groups in total. The third-order valence-electron chi connectivity index (χ3n) is 6.07. The molecule has 0 amide bonds. The molecule has 14 heteroatoms. The van der Waals surface area contributed by atoms with E-state index in [9.17, 15) is 21.4 Å².